The van der Waals surface area contributed by atoms with Crippen molar-refractivity contribution >= 4 is 34.5 Å². The largest absolute Gasteiger partial charge is 0.410 e. The number of benzene rings is 1. The number of hydrogen-bond acceptors (Lipinski definition) is 3. The van der Waals surface area contributed by atoms with Gasteiger partial charge in [-0.15, -0.1) is 0 Å². The normalized spacial score (nSPS) is 19.0. The number of oxime groups is 1. The fourth-order valence-corrected chi connectivity index (χ4v) is 2.06. The molecule has 1 aliphatic rings. The number of halogens is 2. The van der Waals surface area contributed by atoms with Crippen LogP contribution in [0.4, 0.5) is 0 Å². The van der Waals surface area contributed by atoms with Crippen molar-refractivity contribution in [2.75, 3.05) is 0 Å². The van der Waals surface area contributed by atoms with Gasteiger partial charge in [0.1, 0.15) is 11.8 Å². The summed E-state index contributed by atoms with van der Waals surface area (Å²) in [4.78, 5) is 0. The number of rotatable bonds is 1. The van der Waals surface area contributed by atoms with Gasteiger partial charge in [0.2, 0.25) is 0 Å². The molecule has 0 aromatic heterocycles. The molecule has 1 N–H and O–H groups in total. The summed E-state index contributed by atoms with van der Waals surface area (Å²) < 4.78 is 0. The van der Waals surface area contributed by atoms with E-state index in [1.165, 1.54) is 6.08 Å². The monoisotopic (exact) mass is 290 g/mol. The summed E-state index contributed by atoms with van der Waals surface area (Å²) in [6.45, 7) is 0. The molecule has 0 fully saturated rings. The van der Waals surface area contributed by atoms with Gasteiger partial charge < -0.3 is 5.21 Å². The number of allylic oxidation sites excluding steroid dienone is 6. The SMILES string of the molecule is N#C/C(=C1C=C/C(=N\O)C=C\1Cl)c1ccc(Cl)cc1. The summed E-state index contributed by atoms with van der Waals surface area (Å²) in [6.07, 6.45) is 4.71. The van der Waals surface area contributed by atoms with Crippen molar-refractivity contribution in [2.24, 2.45) is 5.16 Å². The molecule has 0 amide bonds. The van der Waals surface area contributed by atoms with Gasteiger partial charge in [0.05, 0.1) is 10.6 Å². The van der Waals surface area contributed by atoms with Crippen molar-refractivity contribution in [3.8, 4) is 6.07 Å². The molecule has 0 unspecified atom stereocenters. The predicted octanol–water partition coefficient (Wildman–Crippen LogP) is 4.14. The van der Waals surface area contributed by atoms with Crippen molar-refractivity contribution < 1.29 is 5.21 Å². The summed E-state index contributed by atoms with van der Waals surface area (Å²) in [6, 6.07) is 9.05. The average Bonchev–Trinajstić information content (AvgIpc) is 2.43. The molecule has 0 bridgehead atoms. The van der Waals surface area contributed by atoms with E-state index in [1.54, 1.807) is 36.4 Å². The molecule has 5 heteroatoms. The molecular formula is C14H8Cl2N2O. The van der Waals surface area contributed by atoms with E-state index in [0.717, 1.165) is 5.56 Å². The maximum atomic E-state index is 9.30. The van der Waals surface area contributed by atoms with Crippen molar-refractivity contribution in [1.82, 2.24) is 0 Å². The fraction of sp³-hybridized carbons (Fsp3) is 0. The molecule has 0 heterocycles. The first-order valence-electron chi connectivity index (χ1n) is 5.33. The molecule has 94 valence electrons. The molecule has 1 aromatic rings. The van der Waals surface area contributed by atoms with Gasteiger partial charge in [0.15, 0.2) is 0 Å². The maximum absolute atomic E-state index is 9.30. The lowest BCUT2D eigenvalue weighted by atomic mass is 9.97. The van der Waals surface area contributed by atoms with E-state index in [2.05, 4.69) is 11.2 Å². The minimum atomic E-state index is 0.335. The van der Waals surface area contributed by atoms with Crippen molar-refractivity contribution in [1.29, 1.82) is 5.26 Å². The Kier molecular flexibility index (Phi) is 4.06. The van der Waals surface area contributed by atoms with Crippen LogP contribution in [0.15, 0.2) is 58.3 Å². The summed E-state index contributed by atoms with van der Waals surface area (Å²) in [5.41, 5.74) is 2.08. The molecule has 1 aromatic carbocycles. The maximum Gasteiger partial charge on any atom is 0.104 e. The minimum Gasteiger partial charge on any atom is -0.410 e. The van der Waals surface area contributed by atoms with Gasteiger partial charge in [0, 0.05) is 10.6 Å². The van der Waals surface area contributed by atoms with Gasteiger partial charge >= 0.3 is 0 Å². The lowest BCUT2D eigenvalue weighted by Crippen LogP contribution is -1.99. The van der Waals surface area contributed by atoms with E-state index in [9.17, 15) is 5.26 Å². The molecule has 1 aliphatic carbocycles. The summed E-state index contributed by atoms with van der Waals surface area (Å²) in [7, 11) is 0. The molecule has 19 heavy (non-hydrogen) atoms. The standard InChI is InChI=1S/C14H8Cl2N2O/c15-10-3-1-9(2-4-10)13(8-17)12-6-5-11(18-19)7-14(12)16/h1-7,19H/b13-12-,18-11+. The van der Waals surface area contributed by atoms with E-state index < -0.39 is 0 Å². The van der Waals surface area contributed by atoms with E-state index in [1.807, 2.05) is 0 Å². The average molecular weight is 291 g/mol. The van der Waals surface area contributed by atoms with E-state index in [0.29, 0.717) is 26.9 Å². The van der Waals surface area contributed by atoms with Gasteiger partial charge in [-0.1, -0.05) is 40.5 Å². The van der Waals surface area contributed by atoms with Crippen LogP contribution in [0, 0.1) is 11.3 Å². The van der Waals surface area contributed by atoms with Crippen molar-refractivity contribution in [3.63, 3.8) is 0 Å². The van der Waals surface area contributed by atoms with Gasteiger partial charge in [-0.05, 0) is 35.9 Å². The zero-order valence-electron chi connectivity index (χ0n) is 9.64. The molecule has 3 nitrogen and oxygen atoms in total. The Balaban J connectivity index is 2.54. The van der Waals surface area contributed by atoms with Crippen LogP contribution in [0.25, 0.3) is 5.57 Å². The van der Waals surface area contributed by atoms with Gasteiger partial charge in [0.25, 0.3) is 0 Å². The summed E-state index contributed by atoms with van der Waals surface area (Å²) in [5.74, 6) is 0. The third kappa shape index (κ3) is 2.87. The second-order valence-corrected chi connectivity index (χ2v) is 4.60. The number of hydrogen-bond donors (Lipinski definition) is 1. The van der Waals surface area contributed by atoms with Gasteiger partial charge in [-0.25, -0.2) is 0 Å². The highest BCUT2D eigenvalue weighted by molar-refractivity contribution is 6.36. The highest BCUT2D eigenvalue weighted by Gasteiger charge is 2.14. The number of nitrogens with zero attached hydrogens (tertiary/aromatic N) is 2. The molecule has 2 rings (SSSR count). The zero-order valence-corrected chi connectivity index (χ0v) is 11.2. The third-order valence-electron chi connectivity index (χ3n) is 2.58. The lowest BCUT2D eigenvalue weighted by Gasteiger charge is -2.10. The van der Waals surface area contributed by atoms with Crippen LogP contribution in [0.3, 0.4) is 0 Å². The second kappa shape index (κ2) is 5.75. The Morgan fingerprint density at radius 1 is 1.16 bits per heavy atom. The smallest absolute Gasteiger partial charge is 0.104 e. The van der Waals surface area contributed by atoms with Crippen LogP contribution >= 0.6 is 23.2 Å². The van der Waals surface area contributed by atoms with Crippen LogP contribution in [0.1, 0.15) is 5.56 Å². The third-order valence-corrected chi connectivity index (χ3v) is 3.15. The van der Waals surface area contributed by atoms with Crippen molar-refractivity contribution in [2.45, 2.75) is 0 Å². The van der Waals surface area contributed by atoms with E-state index in [4.69, 9.17) is 28.4 Å². The van der Waals surface area contributed by atoms with Crippen LogP contribution in [-0.4, -0.2) is 10.9 Å². The van der Waals surface area contributed by atoms with Crippen LogP contribution in [-0.2, 0) is 0 Å². The van der Waals surface area contributed by atoms with E-state index >= 15 is 0 Å². The van der Waals surface area contributed by atoms with Gasteiger partial charge in [-0.3, -0.25) is 0 Å². The highest BCUT2D eigenvalue weighted by atomic mass is 35.5. The quantitative estimate of drug-likeness (QED) is 0.480. The Labute approximate surface area is 120 Å². The molecule has 0 saturated carbocycles. The molecule has 0 atom stereocenters. The van der Waals surface area contributed by atoms with Gasteiger partial charge in [-0.2, -0.15) is 5.26 Å². The number of nitriles is 1. The van der Waals surface area contributed by atoms with Crippen molar-refractivity contribution in [3.05, 3.63) is 63.7 Å². The Bertz CT molecular complexity index is 662. The van der Waals surface area contributed by atoms with E-state index in [-0.39, 0.29) is 0 Å². The van der Waals surface area contributed by atoms with Crippen LogP contribution in [0.2, 0.25) is 5.02 Å². The minimum absolute atomic E-state index is 0.335. The van der Waals surface area contributed by atoms with Crippen LogP contribution in [0.5, 0.6) is 0 Å². The molecule has 0 radical (unpaired) electrons. The fourth-order valence-electron chi connectivity index (χ4n) is 1.67. The molecule has 0 aliphatic heterocycles. The predicted molar refractivity (Wildman–Crippen MR) is 76.3 cm³/mol. The Morgan fingerprint density at radius 2 is 1.84 bits per heavy atom. The first-order valence-corrected chi connectivity index (χ1v) is 6.09. The summed E-state index contributed by atoms with van der Waals surface area (Å²) in [5, 5.41) is 22.0. The molecular weight excluding hydrogens is 283 g/mol. The zero-order chi connectivity index (χ0) is 13.8. The second-order valence-electron chi connectivity index (χ2n) is 3.76. The Hall–Kier alpha value is -2.02. The first kappa shape index (κ1) is 13.4. The lowest BCUT2D eigenvalue weighted by molar-refractivity contribution is 0.320. The summed E-state index contributed by atoms with van der Waals surface area (Å²) >= 11 is 11.9. The topological polar surface area (TPSA) is 56.4 Å². The van der Waals surface area contributed by atoms with Crippen LogP contribution < -0.4 is 0 Å². The first-order chi connectivity index (χ1) is 9.15. The molecule has 0 saturated heterocycles. The Morgan fingerprint density at radius 3 is 2.37 bits per heavy atom. The highest BCUT2D eigenvalue weighted by Crippen LogP contribution is 2.29. The molecule has 0 spiro atoms.